The molecule has 1 aliphatic carbocycles. The molecule has 0 unspecified atom stereocenters. The normalized spacial score (nSPS) is 14.7. The maximum Gasteiger partial charge on any atom is 0.162 e. The van der Waals surface area contributed by atoms with Crippen LogP contribution in [0, 0.1) is 0 Å². The van der Waals surface area contributed by atoms with Crippen LogP contribution in [0.3, 0.4) is 0 Å². The molecule has 84 valence electrons. The van der Waals surface area contributed by atoms with Gasteiger partial charge in [0.2, 0.25) is 0 Å². The molecular weight excluding hydrogens is 200 g/mol. The molecule has 0 N–H and O–H groups in total. The first-order chi connectivity index (χ1) is 7.79. The Kier molecular flexibility index (Phi) is 3.40. The van der Waals surface area contributed by atoms with Gasteiger partial charge in [0.1, 0.15) is 5.75 Å². The Bertz CT molecular complexity index is 401. The molecule has 0 saturated carbocycles. The van der Waals surface area contributed by atoms with Crippen molar-refractivity contribution >= 4 is 5.78 Å². The minimum atomic E-state index is 0.266. The number of hydrogen-bond acceptors (Lipinski definition) is 2. The van der Waals surface area contributed by atoms with Gasteiger partial charge in [0.05, 0.1) is 7.11 Å². The minimum absolute atomic E-state index is 0.266. The van der Waals surface area contributed by atoms with Crippen LogP contribution in [0.25, 0.3) is 0 Å². The van der Waals surface area contributed by atoms with Gasteiger partial charge in [-0.2, -0.15) is 0 Å². The van der Waals surface area contributed by atoms with E-state index >= 15 is 0 Å². The van der Waals surface area contributed by atoms with Crippen LogP contribution in [0.15, 0.2) is 35.9 Å². The molecule has 2 nitrogen and oxygen atoms in total. The lowest BCUT2D eigenvalue weighted by molar-refractivity contribution is -0.115. The fourth-order valence-corrected chi connectivity index (χ4v) is 1.97. The van der Waals surface area contributed by atoms with Gasteiger partial charge >= 0.3 is 0 Å². The van der Waals surface area contributed by atoms with Gasteiger partial charge in [0.25, 0.3) is 0 Å². The lowest BCUT2D eigenvalue weighted by Gasteiger charge is -2.03. The molecule has 0 atom stereocenters. The summed E-state index contributed by atoms with van der Waals surface area (Å²) in [6.07, 6.45) is 5.73. The number of methoxy groups -OCH3 is 1. The van der Waals surface area contributed by atoms with E-state index in [0.29, 0.717) is 6.42 Å². The van der Waals surface area contributed by atoms with Crippen molar-refractivity contribution in [3.05, 3.63) is 41.5 Å². The molecule has 2 heteroatoms. The number of ketones is 1. The summed E-state index contributed by atoms with van der Waals surface area (Å²) in [5, 5.41) is 0. The predicted octanol–water partition coefficient (Wildman–Crippen LogP) is 2.92. The zero-order valence-electron chi connectivity index (χ0n) is 9.53. The zero-order valence-corrected chi connectivity index (χ0v) is 9.53. The topological polar surface area (TPSA) is 26.3 Å². The second kappa shape index (κ2) is 4.97. The second-order valence-electron chi connectivity index (χ2n) is 4.07. The fourth-order valence-electron chi connectivity index (χ4n) is 1.97. The Balaban J connectivity index is 2.00. The highest BCUT2D eigenvalue weighted by Gasteiger charge is 2.13. The highest BCUT2D eigenvalue weighted by Crippen LogP contribution is 2.20. The van der Waals surface area contributed by atoms with E-state index < -0.39 is 0 Å². The van der Waals surface area contributed by atoms with Crippen molar-refractivity contribution in [1.29, 1.82) is 0 Å². The van der Waals surface area contributed by atoms with E-state index in [1.54, 1.807) is 7.11 Å². The summed E-state index contributed by atoms with van der Waals surface area (Å²) >= 11 is 0. The number of ether oxygens (including phenoxy) is 1. The van der Waals surface area contributed by atoms with Gasteiger partial charge in [0.15, 0.2) is 5.78 Å². The Hall–Kier alpha value is -1.57. The van der Waals surface area contributed by atoms with Crippen LogP contribution in [0.4, 0.5) is 0 Å². The minimum Gasteiger partial charge on any atom is -0.497 e. The van der Waals surface area contributed by atoms with Gasteiger partial charge in [-0.25, -0.2) is 0 Å². The van der Waals surface area contributed by atoms with Crippen LogP contribution in [0.1, 0.15) is 24.8 Å². The first-order valence-electron chi connectivity index (χ1n) is 5.65. The van der Waals surface area contributed by atoms with Crippen LogP contribution in [-0.2, 0) is 11.2 Å². The molecule has 0 aromatic heterocycles. The number of Topliss-reactive ketones (excluding diaryl/α,β-unsaturated/α-hetero) is 1. The molecule has 0 amide bonds. The van der Waals surface area contributed by atoms with Crippen LogP contribution in [-0.4, -0.2) is 12.9 Å². The zero-order chi connectivity index (χ0) is 11.4. The van der Waals surface area contributed by atoms with Crippen LogP contribution in [0.2, 0.25) is 0 Å². The van der Waals surface area contributed by atoms with Crippen molar-refractivity contribution in [1.82, 2.24) is 0 Å². The third-order valence-corrected chi connectivity index (χ3v) is 2.92. The molecule has 0 heterocycles. The van der Waals surface area contributed by atoms with E-state index in [1.807, 2.05) is 24.3 Å². The van der Waals surface area contributed by atoms with Gasteiger partial charge in [-0.15, -0.1) is 0 Å². The molecule has 1 aliphatic rings. The molecule has 0 fully saturated rings. The number of carbonyl (C=O) groups excluding carboxylic acids is 1. The lowest BCUT2D eigenvalue weighted by Crippen LogP contribution is -2.04. The first kappa shape index (κ1) is 10.9. The molecule has 0 aliphatic heterocycles. The summed E-state index contributed by atoms with van der Waals surface area (Å²) in [5.41, 5.74) is 2.06. The summed E-state index contributed by atoms with van der Waals surface area (Å²) in [7, 11) is 1.64. The summed E-state index contributed by atoms with van der Waals surface area (Å²) < 4.78 is 5.08. The highest BCUT2D eigenvalue weighted by molar-refractivity contribution is 5.97. The molecule has 1 aromatic rings. The smallest absolute Gasteiger partial charge is 0.162 e. The number of rotatable bonds is 4. The number of carbonyl (C=O) groups is 1. The first-order valence-corrected chi connectivity index (χ1v) is 5.65. The van der Waals surface area contributed by atoms with Crippen molar-refractivity contribution in [2.75, 3.05) is 7.11 Å². The van der Waals surface area contributed by atoms with Gasteiger partial charge in [-0.3, -0.25) is 4.79 Å². The van der Waals surface area contributed by atoms with Crippen molar-refractivity contribution < 1.29 is 9.53 Å². The predicted molar refractivity (Wildman–Crippen MR) is 63.6 cm³/mol. The van der Waals surface area contributed by atoms with Crippen LogP contribution < -0.4 is 4.74 Å². The Labute approximate surface area is 95.9 Å². The van der Waals surface area contributed by atoms with Gasteiger partial charge in [-0.1, -0.05) is 18.2 Å². The summed E-state index contributed by atoms with van der Waals surface area (Å²) in [6.45, 7) is 0. The monoisotopic (exact) mass is 216 g/mol. The van der Waals surface area contributed by atoms with Crippen molar-refractivity contribution in [2.45, 2.75) is 25.7 Å². The maximum absolute atomic E-state index is 11.9. The van der Waals surface area contributed by atoms with E-state index in [1.165, 1.54) is 0 Å². The molecule has 0 bridgehead atoms. The van der Waals surface area contributed by atoms with E-state index in [4.69, 9.17) is 4.74 Å². The van der Waals surface area contributed by atoms with E-state index in [9.17, 15) is 4.79 Å². The summed E-state index contributed by atoms with van der Waals surface area (Å²) in [5.74, 6) is 1.10. The molecule has 16 heavy (non-hydrogen) atoms. The molecule has 2 rings (SSSR count). The quantitative estimate of drug-likeness (QED) is 0.773. The van der Waals surface area contributed by atoms with Crippen molar-refractivity contribution in [3.8, 4) is 5.75 Å². The lowest BCUT2D eigenvalue weighted by atomic mass is 10.0. The Morgan fingerprint density at radius 3 is 2.62 bits per heavy atom. The summed E-state index contributed by atoms with van der Waals surface area (Å²) in [6, 6.07) is 7.69. The van der Waals surface area contributed by atoms with E-state index in [0.717, 1.165) is 36.1 Å². The largest absolute Gasteiger partial charge is 0.497 e. The Morgan fingerprint density at radius 2 is 2.06 bits per heavy atom. The second-order valence-corrected chi connectivity index (χ2v) is 4.07. The van der Waals surface area contributed by atoms with E-state index in [-0.39, 0.29) is 5.78 Å². The molecule has 0 radical (unpaired) electrons. The molecular formula is C14H16O2. The average molecular weight is 216 g/mol. The van der Waals surface area contributed by atoms with Crippen molar-refractivity contribution in [3.63, 3.8) is 0 Å². The molecule has 0 spiro atoms. The van der Waals surface area contributed by atoms with Crippen LogP contribution >= 0.6 is 0 Å². The number of hydrogen-bond donors (Lipinski definition) is 0. The van der Waals surface area contributed by atoms with Gasteiger partial charge in [-0.05, 0) is 42.5 Å². The van der Waals surface area contributed by atoms with Crippen LogP contribution in [0.5, 0.6) is 5.75 Å². The summed E-state index contributed by atoms with van der Waals surface area (Å²) in [4.78, 5) is 11.9. The third kappa shape index (κ3) is 2.51. The van der Waals surface area contributed by atoms with Crippen molar-refractivity contribution in [2.24, 2.45) is 0 Å². The maximum atomic E-state index is 11.9. The van der Waals surface area contributed by atoms with E-state index in [2.05, 4.69) is 6.08 Å². The number of benzene rings is 1. The van der Waals surface area contributed by atoms with Gasteiger partial charge < -0.3 is 4.74 Å². The standard InChI is InChI=1S/C14H16O2/c1-16-13-8-6-11(7-9-13)10-14(15)12-4-2-3-5-12/h4,6-9H,2-3,5,10H2,1H3. The Morgan fingerprint density at radius 1 is 1.31 bits per heavy atom. The average Bonchev–Trinajstić information content (AvgIpc) is 2.83. The van der Waals surface area contributed by atoms with Gasteiger partial charge in [0, 0.05) is 6.42 Å². The third-order valence-electron chi connectivity index (χ3n) is 2.92. The fraction of sp³-hybridized carbons (Fsp3) is 0.357. The number of allylic oxidation sites excluding steroid dienone is 2. The molecule has 1 aromatic carbocycles. The molecule has 0 saturated heterocycles. The highest BCUT2D eigenvalue weighted by atomic mass is 16.5. The SMILES string of the molecule is COc1ccc(CC(=O)C2=CCCC2)cc1.